The van der Waals surface area contributed by atoms with Crippen molar-refractivity contribution in [2.45, 2.75) is 25.1 Å². The van der Waals surface area contributed by atoms with Crippen LogP contribution in [-0.4, -0.2) is 24.0 Å². The molecule has 0 saturated carbocycles. The van der Waals surface area contributed by atoms with Gasteiger partial charge >= 0.3 is 12.1 Å². The topological polar surface area (TPSA) is 29.1 Å². The normalized spacial score (nSPS) is 14.3. The van der Waals surface area contributed by atoms with Crippen molar-refractivity contribution in [3.05, 3.63) is 42.0 Å². The minimum absolute atomic E-state index is 0.265. The molecule has 110 valence electrons. The number of amides is 1. The molecule has 0 saturated heterocycles. The molecule has 0 spiro atoms. The molecule has 20 heavy (non-hydrogen) atoms. The molecule has 0 bridgehead atoms. The van der Waals surface area contributed by atoms with Crippen LogP contribution in [0.25, 0.3) is 6.08 Å². The molecule has 1 N–H and O–H groups in total. The van der Waals surface area contributed by atoms with E-state index in [-0.39, 0.29) is 6.08 Å². The fourth-order valence-electron chi connectivity index (χ4n) is 1.22. The van der Waals surface area contributed by atoms with Crippen LogP contribution in [0.4, 0.5) is 22.0 Å². The first kappa shape index (κ1) is 16.1. The van der Waals surface area contributed by atoms with Gasteiger partial charge in [-0.15, -0.1) is 0 Å². The smallest absolute Gasteiger partial charge is 0.339 e. The van der Waals surface area contributed by atoms with E-state index in [9.17, 15) is 26.7 Å². The highest BCUT2D eigenvalue weighted by atomic mass is 19.4. The Bertz CT molecular complexity index is 481. The maximum absolute atomic E-state index is 13.4. The van der Waals surface area contributed by atoms with Crippen LogP contribution >= 0.6 is 0 Å². The summed E-state index contributed by atoms with van der Waals surface area (Å²) in [7, 11) is 0. The van der Waals surface area contributed by atoms with E-state index in [2.05, 4.69) is 0 Å². The third kappa shape index (κ3) is 4.64. The maximum Gasteiger partial charge on any atom is 0.408 e. The van der Waals surface area contributed by atoms with Gasteiger partial charge in [-0.3, -0.25) is 4.79 Å². The Morgan fingerprint density at radius 2 is 1.70 bits per heavy atom. The largest absolute Gasteiger partial charge is 0.408 e. The van der Waals surface area contributed by atoms with Gasteiger partial charge in [0, 0.05) is 0 Å². The van der Waals surface area contributed by atoms with E-state index in [4.69, 9.17) is 0 Å². The summed E-state index contributed by atoms with van der Waals surface area (Å²) in [5, 5.41) is 1.23. The average Bonchev–Trinajstić information content (AvgIpc) is 2.36. The van der Waals surface area contributed by atoms with Gasteiger partial charge in [0.15, 0.2) is 0 Å². The maximum atomic E-state index is 13.4. The van der Waals surface area contributed by atoms with Crippen molar-refractivity contribution in [1.82, 2.24) is 5.32 Å². The van der Waals surface area contributed by atoms with Gasteiger partial charge in [0.1, 0.15) is 6.04 Å². The lowest BCUT2D eigenvalue weighted by Crippen LogP contribution is -2.49. The molecule has 2 nitrogen and oxygen atoms in total. The van der Waals surface area contributed by atoms with E-state index >= 15 is 0 Å². The van der Waals surface area contributed by atoms with Crippen LogP contribution in [0.15, 0.2) is 36.4 Å². The number of carbonyl (C=O) groups excluding carboxylic acids is 1. The van der Waals surface area contributed by atoms with Gasteiger partial charge in [-0.05, 0) is 18.6 Å². The first-order valence-corrected chi connectivity index (χ1v) is 5.63. The number of nitrogens with one attached hydrogen (secondary N) is 1. The fraction of sp³-hybridized carbons (Fsp3) is 0.308. The number of rotatable bonds is 4. The lowest BCUT2D eigenvalue weighted by molar-refractivity contribution is -0.165. The first-order chi connectivity index (χ1) is 9.13. The molecular weight excluding hydrogens is 281 g/mol. The van der Waals surface area contributed by atoms with Crippen LogP contribution in [0, 0.1) is 0 Å². The number of carbonyl (C=O) groups is 1. The van der Waals surface area contributed by atoms with Crippen molar-refractivity contribution in [3.8, 4) is 0 Å². The Labute approximate surface area is 112 Å². The van der Waals surface area contributed by atoms with E-state index < -0.39 is 24.0 Å². The fourth-order valence-corrected chi connectivity index (χ4v) is 1.22. The van der Waals surface area contributed by atoms with Crippen molar-refractivity contribution >= 4 is 12.0 Å². The summed E-state index contributed by atoms with van der Waals surface area (Å²) >= 11 is 0. The molecular formula is C13H12F5NO. The first-order valence-electron chi connectivity index (χ1n) is 5.63. The van der Waals surface area contributed by atoms with Gasteiger partial charge < -0.3 is 5.32 Å². The zero-order chi connectivity index (χ0) is 15.4. The molecule has 7 heteroatoms. The Morgan fingerprint density at radius 3 is 2.20 bits per heavy atom. The highest BCUT2D eigenvalue weighted by Gasteiger charge is 2.42. The van der Waals surface area contributed by atoms with Gasteiger partial charge in [0.2, 0.25) is 0 Å². The minimum atomic E-state index is -4.77. The Kier molecular flexibility index (Phi) is 4.86. The third-order valence-electron chi connectivity index (χ3n) is 2.43. The summed E-state index contributed by atoms with van der Waals surface area (Å²) in [5.41, 5.74) is 0.406. The number of alkyl halides is 5. The SMILES string of the molecule is C[C@H](NC(=O)C(F)(F)/C=C/c1ccccc1)C(F)(F)F. The number of hydrogen-bond acceptors (Lipinski definition) is 1. The molecule has 0 fully saturated rings. The lowest BCUT2D eigenvalue weighted by atomic mass is 10.1. The summed E-state index contributed by atoms with van der Waals surface area (Å²) in [5.74, 6) is -6.01. The molecule has 0 aliphatic carbocycles. The average molecular weight is 293 g/mol. The second kappa shape index (κ2) is 6.02. The Balaban J connectivity index is 2.73. The highest BCUT2D eigenvalue weighted by Crippen LogP contribution is 2.22. The lowest BCUT2D eigenvalue weighted by Gasteiger charge is -2.19. The molecule has 0 unspecified atom stereocenters. The second-order valence-electron chi connectivity index (χ2n) is 4.10. The van der Waals surface area contributed by atoms with Gasteiger partial charge in [-0.1, -0.05) is 36.4 Å². The van der Waals surface area contributed by atoms with Crippen LogP contribution in [0.3, 0.4) is 0 Å². The molecule has 1 rings (SSSR count). The van der Waals surface area contributed by atoms with E-state index in [1.165, 1.54) is 17.4 Å². The standard InChI is InChI=1S/C13H12F5NO/c1-9(13(16,17)18)19-11(20)12(14,15)8-7-10-5-3-2-4-6-10/h2-9H,1H3,(H,19,20)/b8-7+/t9-/m0/s1. The van der Waals surface area contributed by atoms with Gasteiger partial charge in [-0.25, -0.2) is 0 Å². The van der Waals surface area contributed by atoms with Crippen LogP contribution < -0.4 is 5.32 Å². The molecule has 0 aromatic heterocycles. The zero-order valence-electron chi connectivity index (χ0n) is 10.4. The molecule has 1 atom stereocenters. The van der Waals surface area contributed by atoms with Crippen molar-refractivity contribution in [2.24, 2.45) is 0 Å². The summed E-state index contributed by atoms with van der Waals surface area (Å²) in [6.07, 6.45) is -3.53. The van der Waals surface area contributed by atoms with E-state index in [0.29, 0.717) is 12.5 Å². The van der Waals surface area contributed by atoms with Gasteiger partial charge in [-0.2, -0.15) is 22.0 Å². The number of hydrogen-bond donors (Lipinski definition) is 1. The second-order valence-corrected chi connectivity index (χ2v) is 4.10. The van der Waals surface area contributed by atoms with E-state index in [1.807, 2.05) is 0 Å². The van der Waals surface area contributed by atoms with Crippen LogP contribution in [0.2, 0.25) is 0 Å². The van der Waals surface area contributed by atoms with Crippen molar-refractivity contribution in [1.29, 1.82) is 0 Å². The van der Waals surface area contributed by atoms with Crippen molar-refractivity contribution in [3.63, 3.8) is 0 Å². The zero-order valence-corrected chi connectivity index (χ0v) is 10.4. The van der Waals surface area contributed by atoms with Crippen molar-refractivity contribution in [2.75, 3.05) is 0 Å². The molecule has 1 aromatic rings. The summed E-state index contributed by atoms with van der Waals surface area (Å²) in [6.45, 7) is 0.592. The monoisotopic (exact) mass is 293 g/mol. The predicted molar refractivity (Wildman–Crippen MR) is 64.1 cm³/mol. The van der Waals surface area contributed by atoms with Crippen molar-refractivity contribution < 1.29 is 26.7 Å². The molecule has 0 aliphatic rings. The quantitative estimate of drug-likeness (QED) is 0.847. The minimum Gasteiger partial charge on any atom is -0.339 e. The van der Waals surface area contributed by atoms with Gasteiger partial charge in [0.25, 0.3) is 5.91 Å². The van der Waals surface area contributed by atoms with Gasteiger partial charge in [0.05, 0.1) is 0 Å². The van der Waals surface area contributed by atoms with Crippen LogP contribution in [-0.2, 0) is 4.79 Å². The number of benzene rings is 1. The van der Waals surface area contributed by atoms with Crippen LogP contribution in [0.5, 0.6) is 0 Å². The molecule has 0 aliphatic heterocycles. The highest BCUT2D eigenvalue weighted by molar-refractivity contribution is 5.86. The summed E-state index contributed by atoms with van der Waals surface area (Å²) in [4.78, 5) is 11.1. The third-order valence-corrected chi connectivity index (χ3v) is 2.43. The Morgan fingerprint density at radius 1 is 1.15 bits per heavy atom. The molecule has 0 heterocycles. The summed E-state index contributed by atoms with van der Waals surface area (Å²) in [6, 6.07) is 5.57. The molecule has 0 radical (unpaired) electrons. The molecule has 1 amide bonds. The van der Waals surface area contributed by atoms with E-state index in [0.717, 1.165) is 6.08 Å². The summed E-state index contributed by atoms with van der Waals surface area (Å²) < 4.78 is 63.3. The predicted octanol–water partition coefficient (Wildman–Crippen LogP) is 3.40. The number of halogens is 5. The van der Waals surface area contributed by atoms with Crippen LogP contribution in [0.1, 0.15) is 12.5 Å². The Hall–Kier alpha value is -1.92. The van der Waals surface area contributed by atoms with E-state index in [1.54, 1.807) is 18.2 Å². The molecule has 1 aromatic carbocycles.